The van der Waals surface area contributed by atoms with Gasteiger partial charge in [-0.25, -0.2) is 9.59 Å². The lowest BCUT2D eigenvalue weighted by atomic mass is 10.0. The summed E-state index contributed by atoms with van der Waals surface area (Å²) < 4.78 is 12.0. The number of rotatable bonds is 9. The van der Waals surface area contributed by atoms with Crippen molar-refractivity contribution in [2.75, 3.05) is 42.3 Å². The Morgan fingerprint density at radius 3 is 2.20 bits per heavy atom. The Hall–Kier alpha value is -5.87. The molecule has 0 aliphatic carbocycles. The summed E-state index contributed by atoms with van der Waals surface area (Å²) in [6.07, 6.45) is 1.28. The lowest BCUT2D eigenvalue weighted by Crippen LogP contribution is -2.49. The van der Waals surface area contributed by atoms with Crippen LogP contribution in [0.1, 0.15) is 36.7 Å². The number of benzene rings is 3. The maximum absolute atomic E-state index is 13.6. The first-order chi connectivity index (χ1) is 24.3. The molecule has 4 aromatic rings. The van der Waals surface area contributed by atoms with Gasteiger partial charge in [-0.15, -0.1) is 5.10 Å². The highest BCUT2D eigenvalue weighted by molar-refractivity contribution is 6.40. The Morgan fingerprint density at radius 1 is 0.882 bits per heavy atom. The van der Waals surface area contributed by atoms with Crippen LogP contribution in [0.5, 0.6) is 0 Å². The van der Waals surface area contributed by atoms with Gasteiger partial charge in [0.1, 0.15) is 18.0 Å². The molecule has 16 nitrogen and oxygen atoms in total. The minimum Gasteiger partial charge on any atom is -0.456 e. The molecule has 4 N–H and O–H groups in total. The Bertz CT molecular complexity index is 1870. The molecule has 0 spiro atoms. The van der Waals surface area contributed by atoms with Crippen molar-refractivity contribution in [3.63, 3.8) is 0 Å². The van der Waals surface area contributed by atoms with Gasteiger partial charge in [0, 0.05) is 35.9 Å². The van der Waals surface area contributed by atoms with Crippen molar-refractivity contribution in [2.45, 2.75) is 38.8 Å². The number of nitrogens with zero attached hydrogens (tertiary/aromatic N) is 5. The fourth-order valence-electron chi connectivity index (χ4n) is 4.88. The molecule has 0 radical (unpaired) electrons. The van der Waals surface area contributed by atoms with E-state index in [1.165, 1.54) is 41.3 Å². The van der Waals surface area contributed by atoms with Gasteiger partial charge < -0.3 is 35.6 Å². The number of esters is 1. The average molecular weight is 718 g/mol. The van der Waals surface area contributed by atoms with E-state index in [4.69, 9.17) is 21.1 Å². The van der Waals surface area contributed by atoms with E-state index in [1.54, 1.807) is 62.1 Å². The van der Waals surface area contributed by atoms with Crippen molar-refractivity contribution in [3.8, 4) is 5.69 Å². The molecule has 1 fully saturated rings. The number of hydrogen-bond donors (Lipinski definition) is 4. The molecule has 3 aromatic carbocycles. The molecule has 0 bridgehead atoms. The van der Waals surface area contributed by atoms with Gasteiger partial charge in [0.15, 0.2) is 0 Å². The van der Waals surface area contributed by atoms with Crippen molar-refractivity contribution < 1.29 is 33.4 Å². The molecule has 0 unspecified atom stereocenters. The van der Waals surface area contributed by atoms with Crippen molar-refractivity contribution in [3.05, 3.63) is 89.2 Å². The zero-order valence-electron chi connectivity index (χ0n) is 28.0. The fraction of sp³-hybridized carbons (Fsp3) is 0.294. The van der Waals surface area contributed by atoms with Gasteiger partial charge in [0.25, 0.3) is 0 Å². The van der Waals surface area contributed by atoms with E-state index in [9.17, 15) is 24.0 Å². The maximum atomic E-state index is 13.6. The second-order valence-corrected chi connectivity index (χ2v) is 12.8. The summed E-state index contributed by atoms with van der Waals surface area (Å²) in [5.41, 5.74) is 1.58. The maximum Gasteiger partial charge on any atom is 0.338 e. The van der Waals surface area contributed by atoms with Crippen LogP contribution in [-0.2, 0) is 30.3 Å². The Morgan fingerprint density at radius 2 is 1.55 bits per heavy atom. The topological polar surface area (TPSA) is 199 Å². The van der Waals surface area contributed by atoms with Crippen LogP contribution in [0, 0.1) is 0 Å². The first-order valence-electron chi connectivity index (χ1n) is 15.9. The number of ether oxygens (including phenoxy) is 2. The van der Waals surface area contributed by atoms with E-state index in [2.05, 4.69) is 36.8 Å². The van der Waals surface area contributed by atoms with Gasteiger partial charge in [-0.05, 0) is 91.4 Å². The molecule has 0 saturated carbocycles. The second-order valence-electron chi connectivity index (χ2n) is 12.4. The average Bonchev–Trinajstić information content (AvgIpc) is 3.63. The molecule has 17 heteroatoms. The summed E-state index contributed by atoms with van der Waals surface area (Å²) >= 11 is 6.15. The quantitative estimate of drug-likeness (QED) is 0.147. The predicted octanol–water partition coefficient (Wildman–Crippen LogP) is 3.44. The molecule has 5 amide bonds. The standard InChI is InChI=1S/C34H36ClN9O7/c1-34(2,3)51-32(48)22-6-11-24(12-7-22)37-29(45)27(18-21-4-9-25(10-5-21)38-33(49)43-14-16-50-17-15-43)40-31(47)30(46)39-26-19-23(35)8-13-28(26)44-20-36-41-42-44/h4-13,19-20,27H,14-18H2,1-3H3,(H,37,45)(H,38,49)(H,39,46)(H,40,47)/t27-/m0/s1. The Balaban J connectivity index is 1.30. The van der Waals surface area contributed by atoms with Crippen LogP contribution in [0.15, 0.2) is 73.1 Å². The second kappa shape index (κ2) is 16.2. The van der Waals surface area contributed by atoms with Gasteiger partial charge in [-0.2, -0.15) is 4.68 Å². The van der Waals surface area contributed by atoms with E-state index in [1.807, 2.05) is 0 Å². The van der Waals surface area contributed by atoms with E-state index in [0.717, 1.165) is 0 Å². The van der Waals surface area contributed by atoms with Crippen LogP contribution in [0.4, 0.5) is 21.9 Å². The number of carbonyl (C=O) groups excluding carboxylic acids is 5. The third-order valence-corrected chi connectivity index (χ3v) is 7.60. The molecule has 2 heterocycles. The zero-order valence-corrected chi connectivity index (χ0v) is 28.8. The van der Waals surface area contributed by atoms with Gasteiger partial charge in [-0.3, -0.25) is 14.4 Å². The number of anilines is 3. The number of aromatic nitrogens is 4. The van der Waals surface area contributed by atoms with Crippen molar-refractivity contribution >= 4 is 58.4 Å². The molecule has 1 aliphatic heterocycles. The molecule has 51 heavy (non-hydrogen) atoms. The number of urea groups is 1. The molecule has 1 saturated heterocycles. The third kappa shape index (κ3) is 10.3. The SMILES string of the molecule is CC(C)(C)OC(=O)c1ccc(NC(=O)[C@H](Cc2ccc(NC(=O)N3CCOCC3)cc2)NC(=O)C(=O)Nc2cc(Cl)ccc2-n2cnnn2)cc1. The van der Waals surface area contributed by atoms with Crippen LogP contribution >= 0.6 is 11.6 Å². The van der Waals surface area contributed by atoms with Crippen LogP contribution in [0.2, 0.25) is 5.02 Å². The largest absolute Gasteiger partial charge is 0.456 e. The van der Waals surface area contributed by atoms with Gasteiger partial charge in [-0.1, -0.05) is 23.7 Å². The number of morpholine rings is 1. The lowest BCUT2D eigenvalue weighted by Gasteiger charge is -2.27. The van der Waals surface area contributed by atoms with E-state index in [0.29, 0.717) is 48.9 Å². The predicted molar refractivity (Wildman–Crippen MR) is 187 cm³/mol. The van der Waals surface area contributed by atoms with E-state index >= 15 is 0 Å². The zero-order chi connectivity index (χ0) is 36.5. The van der Waals surface area contributed by atoms with E-state index in [-0.39, 0.29) is 28.7 Å². The number of nitrogens with one attached hydrogen (secondary N) is 4. The van der Waals surface area contributed by atoms with Gasteiger partial charge in [0.05, 0.1) is 30.2 Å². The van der Waals surface area contributed by atoms with Crippen molar-refractivity contribution in [1.82, 2.24) is 30.4 Å². The van der Waals surface area contributed by atoms with Crippen LogP contribution in [0.3, 0.4) is 0 Å². The summed E-state index contributed by atoms with van der Waals surface area (Å²) in [7, 11) is 0. The highest BCUT2D eigenvalue weighted by Crippen LogP contribution is 2.24. The highest BCUT2D eigenvalue weighted by Gasteiger charge is 2.26. The molecule has 1 atom stereocenters. The summed E-state index contributed by atoms with van der Waals surface area (Å²) in [5, 5.41) is 21.9. The normalized spacial score (nSPS) is 13.5. The number of tetrazole rings is 1. The highest BCUT2D eigenvalue weighted by atomic mass is 35.5. The number of carbonyl (C=O) groups is 5. The van der Waals surface area contributed by atoms with E-state index < -0.39 is 35.3 Å². The Kier molecular flexibility index (Phi) is 11.6. The van der Waals surface area contributed by atoms with Crippen molar-refractivity contribution in [2.24, 2.45) is 0 Å². The van der Waals surface area contributed by atoms with Gasteiger partial charge in [0.2, 0.25) is 5.91 Å². The minimum absolute atomic E-state index is 0.0222. The number of halogens is 1. The van der Waals surface area contributed by atoms with Gasteiger partial charge >= 0.3 is 23.8 Å². The molecule has 1 aliphatic rings. The minimum atomic E-state index is -1.24. The summed E-state index contributed by atoms with van der Waals surface area (Å²) in [6.45, 7) is 7.16. The molecular formula is C34H36ClN9O7. The van der Waals surface area contributed by atoms with Crippen LogP contribution < -0.4 is 21.3 Å². The van der Waals surface area contributed by atoms with Crippen LogP contribution in [-0.4, -0.2) is 92.8 Å². The third-order valence-electron chi connectivity index (χ3n) is 7.36. The summed E-state index contributed by atoms with van der Waals surface area (Å²) in [4.78, 5) is 66.7. The Labute approximate surface area is 297 Å². The number of amides is 5. The monoisotopic (exact) mass is 717 g/mol. The molecular weight excluding hydrogens is 682 g/mol. The molecule has 5 rings (SSSR count). The summed E-state index contributed by atoms with van der Waals surface area (Å²) in [6, 6.07) is 15.8. The van der Waals surface area contributed by atoms with Crippen LogP contribution in [0.25, 0.3) is 5.69 Å². The molecule has 266 valence electrons. The fourth-order valence-corrected chi connectivity index (χ4v) is 5.05. The number of hydrogen-bond acceptors (Lipinski definition) is 10. The lowest BCUT2D eigenvalue weighted by molar-refractivity contribution is -0.137. The summed E-state index contributed by atoms with van der Waals surface area (Å²) in [5.74, 6) is -3.34. The van der Waals surface area contributed by atoms with Crippen molar-refractivity contribution in [1.29, 1.82) is 0 Å². The molecule has 1 aromatic heterocycles. The smallest absolute Gasteiger partial charge is 0.338 e. The first kappa shape index (κ1) is 36.4. The first-order valence-corrected chi connectivity index (χ1v) is 16.2.